The molecule has 1 saturated heterocycles. The molecular weight excluding hydrogens is 822 g/mol. The first-order valence-corrected chi connectivity index (χ1v) is 24.7. The van der Waals surface area contributed by atoms with Gasteiger partial charge >= 0.3 is 0 Å². The molecule has 62 heavy (non-hydrogen) atoms. The van der Waals surface area contributed by atoms with Gasteiger partial charge in [-0.25, -0.2) is 9.97 Å². The molecule has 12 nitrogen and oxygen atoms in total. The average Bonchev–Trinajstić information content (AvgIpc) is 3.50. The third kappa shape index (κ3) is 10.2. The number of thiazole rings is 1. The number of benzene rings is 2. The van der Waals surface area contributed by atoms with E-state index in [0.29, 0.717) is 41.2 Å². The lowest BCUT2D eigenvalue weighted by Crippen LogP contribution is -2.47. The summed E-state index contributed by atoms with van der Waals surface area (Å²) in [5.41, 5.74) is 8.60. The van der Waals surface area contributed by atoms with E-state index in [9.17, 15) is 23.8 Å². The molecule has 4 aromatic rings. The molecule has 0 radical (unpaired) electrons. The number of ketones is 2. The van der Waals surface area contributed by atoms with Gasteiger partial charge in [-0.1, -0.05) is 76.1 Å². The Labute approximate surface area is 369 Å². The fourth-order valence-corrected chi connectivity index (χ4v) is 12.4. The Morgan fingerprint density at radius 3 is 2.58 bits per heavy atom. The topological polar surface area (TPSA) is 174 Å². The Kier molecular flexibility index (Phi) is 13.8. The summed E-state index contributed by atoms with van der Waals surface area (Å²) in [6, 6.07) is 15.2. The Morgan fingerprint density at radius 2 is 1.85 bits per heavy atom. The molecule has 7 rings (SSSR count). The predicted molar refractivity (Wildman–Crippen MR) is 246 cm³/mol. The van der Waals surface area contributed by atoms with Crippen molar-refractivity contribution in [2.75, 3.05) is 19.0 Å². The van der Waals surface area contributed by atoms with Gasteiger partial charge in [0.05, 0.1) is 48.3 Å². The van der Waals surface area contributed by atoms with Crippen LogP contribution in [0, 0.1) is 17.3 Å². The highest BCUT2D eigenvalue weighted by Gasteiger charge is 2.65. The highest BCUT2D eigenvalue weighted by molar-refractivity contribution is 7.59. The number of rotatable bonds is 12. The Bertz CT molecular complexity index is 2340. The number of nitrogens with zero attached hydrogens (tertiary/aromatic N) is 3. The van der Waals surface area contributed by atoms with Gasteiger partial charge in [-0.05, 0) is 68.6 Å². The number of hydrogen-bond donors (Lipinski definition) is 3. The zero-order valence-electron chi connectivity index (χ0n) is 36.8. The Balaban J connectivity index is 1.25. The first-order valence-electron chi connectivity index (χ1n) is 22.0. The number of nitrogens with two attached hydrogens (primary N) is 1. The summed E-state index contributed by atoms with van der Waals surface area (Å²) >= 11 is 1.48. The van der Waals surface area contributed by atoms with Gasteiger partial charge in [0.25, 0.3) is 0 Å². The maximum atomic E-state index is 15.0. The highest BCUT2D eigenvalue weighted by atomic mass is 32.1. The summed E-state index contributed by atoms with van der Waals surface area (Å²) in [6.07, 6.45) is 7.56. The van der Waals surface area contributed by atoms with E-state index in [4.69, 9.17) is 25.2 Å². The molecule has 4 N–H and O–H groups in total. The van der Waals surface area contributed by atoms with Gasteiger partial charge < -0.3 is 30.3 Å². The first-order chi connectivity index (χ1) is 29.5. The second kappa shape index (κ2) is 18.7. The number of hydrogen-bond acceptors (Lipinski definition) is 11. The number of anilines is 1. The maximum Gasteiger partial charge on any atom is 0.226 e. The van der Waals surface area contributed by atoms with Crippen LogP contribution in [0.2, 0.25) is 0 Å². The lowest BCUT2D eigenvalue weighted by atomic mass is 9.81. The number of allylic oxidation sites excluding steroid dienone is 2. The molecule has 4 heterocycles. The third-order valence-electron chi connectivity index (χ3n) is 12.8. The van der Waals surface area contributed by atoms with E-state index in [0.717, 1.165) is 41.8 Å². The summed E-state index contributed by atoms with van der Waals surface area (Å²) in [5, 5.41) is 5.63. The minimum Gasteiger partial charge on any atom is -0.497 e. The van der Waals surface area contributed by atoms with Gasteiger partial charge in [-0.2, -0.15) is 0 Å². The molecule has 0 bridgehead atoms. The molecular formula is C48H62N5O7PS. The summed E-state index contributed by atoms with van der Waals surface area (Å²) in [7, 11) is -2.35. The molecule has 332 valence electrons. The number of aromatic nitrogens is 2. The molecule has 1 aliphatic carbocycles. The van der Waals surface area contributed by atoms with E-state index in [1.807, 2.05) is 101 Å². The van der Waals surface area contributed by atoms with Crippen molar-refractivity contribution < 1.29 is 33.3 Å². The molecule has 2 aromatic carbocycles. The largest absolute Gasteiger partial charge is 0.497 e. The van der Waals surface area contributed by atoms with Crippen LogP contribution in [0.25, 0.3) is 22.3 Å². The number of pyridine rings is 1. The normalized spacial score (nSPS) is 25.5. The van der Waals surface area contributed by atoms with Crippen molar-refractivity contribution >= 4 is 52.2 Å². The van der Waals surface area contributed by atoms with Crippen molar-refractivity contribution in [2.24, 2.45) is 23.0 Å². The lowest BCUT2D eigenvalue weighted by molar-refractivity contribution is -0.143. The van der Waals surface area contributed by atoms with Crippen molar-refractivity contribution in [2.45, 2.75) is 128 Å². The quantitative estimate of drug-likeness (QED) is 0.0914. The van der Waals surface area contributed by atoms with Crippen LogP contribution in [0.5, 0.6) is 11.5 Å². The molecule has 3 aliphatic rings. The van der Waals surface area contributed by atoms with Crippen molar-refractivity contribution in [3.63, 3.8) is 0 Å². The fraction of sp³-hybridized carbons (Fsp3) is 0.521. The zero-order chi connectivity index (χ0) is 44.4. The maximum absolute atomic E-state index is 15.0. The van der Waals surface area contributed by atoms with E-state index in [2.05, 4.69) is 11.4 Å². The molecule has 14 heteroatoms. The predicted octanol–water partition coefficient (Wildman–Crippen LogP) is 9.19. The van der Waals surface area contributed by atoms with Gasteiger partial charge in [0, 0.05) is 54.1 Å². The number of carbonyl (C=O) groups is 3. The molecule has 7 atom stereocenters. The van der Waals surface area contributed by atoms with E-state index in [1.165, 1.54) is 11.3 Å². The van der Waals surface area contributed by atoms with Crippen LogP contribution in [-0.2, 0) is 25.1 Å². The molecule has 1 amide bonds. The summed E-state index contributed by atoms with van der Waals surface area (Å²) < 4.78 is 27.0. The first kappa shape index (κ1) is 45.6. The number of nitrogens with one attached hydrogen (secondary N) is 1. The average molecular weight is 884 g/mol. The molecule has 1 unspecified atom stereocenters. The van der Waals surface area contributed by atoms with Crippen LogP contribution in [0.1, 0.15) is 98.0 Å². The number of amides is 1. The molecule has 2 aliphatic heterocycles. The minimum atomic E-state index is -3.95. The molecule has 2 aromatic heterocycles. The van der Waals surface area contributed by atoms with Crippen LogP contribution in [-0.4, -0.2) is 80.3 Å². The number of carbonyl (C=O) groups excluding carboxylic acids is 3. The number of methoxy groups -OCH3 is 1. The van der Waals surface area contributed by atoms with Crippen LogP contribution < -0.4 is 20.5 Å². The second-order valence-electron chi connectivity index (χ2n) is 18.9. The standard InChI is InChI=1S/C48H62N5O7PS/c1-30(2)50-46-52-39(29-62-46)38-24-43(36-20-19-34(59-6)22-37(36)51-38)60-35-23-40-42(55)26-48(61(57,58)28-31-15-11-10-12-16-31)25-33(48)18-14-9-7-8-13-17-32(45(56)53(40)27-35)21-41(54)44(49)47(3,4)5/h10-12,14-16,18-20,22,24,29-30,32-33,35,40,44H,7-9,13,17,21,23,25-28,49H2,1-6H3,(H,50,52)(H,57,58)/b18-14-/t32-,33+,35-,40+,44-,48-/m1/s1. The molecule has 2 fully saturated rings. The molecule has 0 spiro atoms. The van der Waals surface area contributed by atoms with Crippen molar-refractivity contribution in [1.82, 2.24) is 14.9 Å². The Morgan fingerprint density at radius 1 is 1.08 bits per heavy atom. The van der Waals surface area contributed by atoms with Crippen molar-refractivity contribution in [1.29, 1.82) is 0 Å². The van der Waals surface area contributed by atoms with Gasteiger partial charge in [0.1, 0.15) is 23.3 Å². The van der Waals surface area contributed by atoms with E-state index in [-0.39, 0.29) is 61.4 Å². The summed E-state index contributed by atoms with van der Waals surface area (Å²) in [4.78, 5) is 67.0. The van der Waals surface area contributed by atoms with Gasteiger partial charge in [0.15, 0.2) is 16.7 Å². The SMILES string of the molecule is COc1ccc2c(O[C@@H]3C[C@H]4C(=O)C[C@]5(P(=O)(O)Cc6ccccc6)C[C@@H]5/C=C\CCCCC[C@H](CC(=O)[C@@H](N)C(C)(C)C)C(=O)N4C3)cc(-c3csc(NC(C)C)n3)nc2c1. The van der Waals surface area contributed by atoms with E-state index >= 15 is 0 Å². The minimum absolute atomic E-state index is 0.0312. The smallest absolute Gasteiger partial charge is 0.226 e. The zero-order valence-corrected chi connectivity index (χ0v) is 38.6. The van der Waals surface area contributed by atoms with Gasteiger partial charge in [-0.3, -0.25) is 18.9 Å². The fourth-order valence-electron chi connectivity index (χ4n) is 9.04. The number of fused-ring (bicyclic) bond motifs is 3. The monoisotopic (exact) mass is 883 g/mol. The van der Waals surface area contributed by atoms with Crippen molar-refractivity contribution in [3.8, 4) is 22.9 Å². The van der Waals surface area contributed by atoms with Crippen LogP contribution in [0.4, 0.5) is 5.13 Å². The van der Waals surface area contributed by atoms with E-state index in [1.54, 1.807) is 12.0 Å². The second-order valence-corrected chi connectivity index (χ2v) is 22.4. The lowest BCUT2D eigenvalue weighted by Gasteiger charge is -2.31. The van der Waals surface area contributed by atoms with Crippen LogP contribution >= 0.6 is 18.7 Å². The van der Waals surface area contributed by atoms with Gasteiger partial charge in [0.2, 0.25) is 13.3 Å². The number of ether oxygens (including phenoxy) is 2. The number of Topliss-reactive ketones (excluding diaryl/α,β-unsaturated/α-hetero) is 2. The highest BCUT2D eigenvalue weighted by Crippen LogP contribution is 2.74. The Hall–Kier alpha value is -4.42. The van der Waals surface area contributed by atoms with Crippen LogP contribution in [0.15, 0.2) is 72.1 Å². The van der Waals surface area contributed by atoms with Crippen molar-refractivity contribution in [3.05, 3.63) is 77.7 Å². The van der Waals surface area contributed by atoms with E-state index < -0.39 is 42.0 Å². The third-order valence-corrected chi connectivity index (χ3v) is 16.4. The molecule has 1 saturated carbocycles. The summed E-state index contributed by atoms with van der Waals surface area (Å²) in [6.45, 7) is 9.93. The van der Waals surface area contributed by atoms with Crippen LogP contribution in [0.3, 0.4) is 0 Å². The van der Waals surface area contributed by atoms with Gasteiger partial charge in [-0.15, -0.1) is 11.3 Å². The summed E-state index contributed by atoms with van der Waals surface area (Å²) in [5.74, 6) is -0.527.